The number of aliphatic hydroxyl groups excluding tert-OH is 2. The van der Waals surface area contributed by atoms with E-state index in [0.29, 0.717) is 35.9 Å². The molecule has 2 aromatic heterocycles. The Labute approximate surface area is 189 Å². The molecule has 0 amide bonds. The molecule has 2 aromatic rings. The molecule has 0 unspecified atom stereocenters. The molecule has 0 radical (unpaired) electrons. The van der Waals surface area contributed by atoms with Crippen molar-refractivity contribution in [3.05, 3.63) is 67.8 Å². The minimum Gasteiger partial charge on any atom is -0.461 e. The molecule has 0 fully saturated rings. The van der Waals surface area contributed by atoms with Crippen LogP contribution < -0.4 is 10.9 Å². The minimum atomic E-state index is -0.159. The number of hydrogen-bond donors (Lipinski definition) is 2. The van der Waals surface area contributed by atoms with Gasteiger partial charge in [-0.2, -0.15) is 0 Å². The maximum atomic E-state index is 12.0. The van der Waals surface area contributed by atoms with Crippen molar-refractivity contribution >= 4 is 12.2 Å². The van der Waals surface area contributed by atoms with Gasteiger partial charge in [0.05, 0.1) is 0 Å². The highest BCUT2D eigenvalue weighted by Crippen LogP contribution is 2.23. The fourth-order valence-corrected chi connectivity index (χ4v) is 3.32. The molecular formula is C26H36O6. The van der Waals surface area contributed by atoms with Gasteiger partial charge in [-0.3, -0.25) is 9.59 Å². The summed E-state index contributed by atoms with van der Waals surface area (Å²) in [5.74, 6) is 1.97. The number of aryl methyl sites for hydroxylation is 2. The molecule has 0 aliphatic carbocycles. The lowest BCUT2D eigenvalue weighted by molar-refractivity contribution is 0.147. The second kappa shape index (κ2) is 11.4. The van der Waals surface area contributed by atoms with Crippen LogP contribution in [0.4, 0.5) is 0 Å². The summed E-state index contributed by atoms with van der Waals surface area (Å²) in [6, 6.07) is 5.77. The van der Waals surface area contributed by atoms with Crippen LogP contribution in [-0.4, -0.2) is 23.4 Å². The molecule has 0 saturated carbocycles. The molecular weight excluding hydrogens is 408 g/mol. The van der Waals surface area contributed by atoms with Crippen LogP contribution in [0.5, 0.6) is 0 Å². The molecule has 0 saturated heterocycles. The largest absolute Gasteiger partial charge is 0.461 e. The van der Waals surface area contributed by atoms with Crippen LogP contribution in [0, 0.1) is 10.8 Å². The molecule has 0 aliphatic heterocycles. The van der Waals surface area contributed by atoms with Crippen molar-refractivity contribution in [3.8, 4) is 0 Å². The zero-order chi connectivity index (χ0) is 23.8. The van der Waals surface area contributed by atoms with Crippen molar-refractivity contribution < 1.29 is 19.0 Å². The van der Waals surface area contributed by atoms with Crippen LogP contribution in [0.1, 0.15) is 76.4 Å². The molecule has 2 heterocycles. The summed E-state index contributed by atoms with van der Waals surface area (Å²) in [6.07, 6.45) is 7.70. The summed E-state index contributed by atoms with van der Waals surface area (Å²) in [5.41, 5.74) is -0.606. The van der Waals surface area contributed by atoms with E-state index in [4.69, 9.17) is 8.83 Å². The highest BCUT2D eigenvalue weighted by atomic mass is 16.3. The molecule has 0 atom stereocenters. The summed E-state index contributed by atoms with van der Waals surface area (Å²) >= 11 is 0. The number of rotatable bonds is 12. The van der Waals surface area contributed by atoms with Crippen LogP contribution in [-0.2, 0) is 12.8 Å². The SMILES string of the molecule is CC(C)(CO)CCCc1cc(=O)cc(/C=C\c2cc(=O)cc(CCCC(C)(C)CO)o2)o1. The molecule has 6 heteroatoms. The van der Waals surface area contributed by atoms with E-state index in [1.165, 1.54) is 24.3 Å². The third-order valence-electron chi connectivity index (χ3n) is 5.49. The van der Waals surface area contributed by atoms with Crippen molar-refractivity contribution in [3.63, 3.8) is 0 Å². The van der Waals surface area contributed by atoms with Gasteiger partial charge in [-0.15, -0.1) is 0 Å². The Balaban J connectivity index is 2.07. The molecule has 0 spiro atoms. The van der Waals surface area contributed by atoms with Crippen molar-refractivity contribution in [2.75, 3.05) is 13.2 Å². The van der Waals surface area contributed by atoms with Gasteiger partial charge in [-0.25, -0.2) is 0 Å². The maximum absolute atomic E-state index is 12.0. The normalized spacial score (nSPS) is 12.6. The Bertz CT molecular complexity index is 928. The lowest BCUT2D eigenvalue weighted by Gasteiger charge is -2.20. The molecule has 0 aromatic carbocycles. The van der Waals surface area contributed by atoms with Gasteiger partial charge in [0, 0.05) is 50.3 Å². The lowest BCUT2D eigenvalue weighted by atomic mass is 9.88. The van der Waals surface area contributed by atoms with E-state index in [-0.39, 0.29) is 34.9 Å². The van der Waals surface area contributed by atoms with E-state index >= 15 is 0 Å². The number of aliphatic hydroxyl groups is 2. The molecule has 6 nitrogen and oxygen atoms in total. The van der Waals surface area contributed by atoms with Gasteiger partial charge in [-0.05, 0) is 48.7 Å². The highest BCUT2D eigenvalue weighted by Gasteiger charge is 2.17. The molecule has 0 bridgehead atoms. The summed E-state index contributed by atoms with van der Waals surface area (Å²) in [5, 5.41) is 18.7. The van der Waals surface area contributed by atoms with Crippen molar-refractivity contribution in [2.45, 2.75) is 66.2 Å². The number of hydrogen-bond acceptors (Lipinski definition) is 6. The summed E-state index contributed by atoms with van der Waals surface area (Å²) in [7, 11) is 0. The first-order valence-electron chi connectivity index (χ1n) is 11.2. The van der Waals surface area contributed by atoms with E-state index in [0.717, 1.165) is 25.7 Å². The Hall–Kier alpha value is -2.44. The van der Waals surface area contributed by atoms with Gasteiger partial charge in [0.25, 0.3) is 0 Å². The average molecular weight is 445 g/mol. The Morgan fingerprint density at radius 1 is 0.719 bits per heavy atom. The zero-order valence-corrected chi connectivity index (χ0v) is 19.6. The molecule has 176 valence electrons. The van der Waals surface area contributed by atoms with Crippen molar-refractivity contribution in [2.24, 2.45) is 10.8 Å². The van der Waals surface area contributed by atoms with E-state index in [9.17, 15) is 19.8 Å². The fraction of sp³-hybridized carbons (Fsp3) is 0.538. The van der Waals surface area contributed by atoms with Gasteiger partial charge in [0.2, 0.25) is 0 Å². The standard InChI is InChI=1S/C26H36O6/c1-25(2,17-27)11-5-7-21-13-19(29)15-23(31-21)9-10-24-16-20(30)14-22(32-24)8-6-12-26(3,4)18-28/h9-10,13-16,27-28H,5-8,11-12,17-18H2,1-4H3/b10-9-. The third-order valence-corrected chi connectivity index (χ3v) is 5.49. The first kappa shape index (κ1) is 25.8. The lowest BCUT2D eigenvalue weighted by Crippen LogP contribution is -2.16. The molecule has 32 heavy (non-hydrogen) atoms. The summed E-state index contributed by atoms with van der Waals surface area (Å²) in [6.45, 7) is 8.22. The topological polar surface area (TPSA) is 101 Å². The zero-order valence-electron chi connectivity index (χ0n) is 19.6. The van der Waals surface area contributed by atoms with Gasteiger partial charge < -0.3 is 19.0 Å². The second-order valence-electron chi connectivity index (χ2n) is 10.0. The van der Waals surface area contributed by atoms with E-state index in [1.54, 1.807) is 12.2 Å². The maximum Gasteiger partial charge on any atom is 0.185 e. The monoisotopic (exact) mass is 444 g/mol. The van der Waals surface area contributed by atoms with E-state index in [1.807, 2.05) is 27.7 Å². The summed E-state index contributed by atoms with van der Waals surface area (Å²) < 4.78 is 11.6. The average Bonchev–Trinajstić information content (AvgIpc) is 2.71. The highest BCUT2D eigenvalue weighted by molar-refractivity contribution is 5.64. The third kappa shape index (κ3) is 8.97. The Morgan fingerprint density at radius 3 is 1.44 bits per heavy atom. The van der Waals surface area contributed by atoms with Crippen LogP contribution in [0.15, 0.2) is 42.7 Å². The van der Waals surface area contributed by atoms with Gasteiger partial charge >= 0.3 is 0 Å². The smallest absolute Gasteiger partial charge is 0.185 e. The van der Waals surface area contributed by atoms with Gasteiger partial charge in [0.15, 0.2) is 10.9 Å². The van der Waals surface area contributed by atoms with Gasteiger partial charge in [-0.1, -0.05) is 27.7 Å². The minimum absolute atomic E-state index is 0.114. The summed E-state index contributed by atoms with van der Waals surface area (Å²) in [4.78, 5) is 24.1. The van der Waals surface area contributed by atoms with Crippen LogP contribution in [0.25, 0.3) is 12.2 Å². The Kier molecular flexibility index (Phi) is 9.22. The van der Waals surface area contributed by atoms with Crippen LogP contribution >= 0.6 is 0 Å². The predicted molar refractivity (Wildman–Crippen MR) is 126 cm³/mol. The van der Waals surface area contributed by atoms with Crippen molar-refractivity contribution in [1.82, 2.24) is 0 Å². The van der Waals surface area contributed by atoms with Crippen LogP contribution in [0.3, 0.4) is 0 Å². The first-order valence-corrected chi connectivity index (χ1v) is 11.2. The Morgan fingerprint density at radius 2 is 1.09 bits per heavy atom. The van der Waals surface area contributed by atoms with E-state index < -0.39 is 0 Å². The second-order valence-corrected chi connectivity index (χ2v) is 10.0. The van der Waals surface area contributed by atoms with E-state index in [2.05, 4.69) is 0 Å². The molecule has 2 rings (SSSR count). The fourth-order valence-electron chi connectivity index (χ4n) is 3.32. The van der Waals surface area contributed by atoms with Crippen LogP contribution in [0.2, 0.25) is 0 Å². The predicted octanol–water partition coefficient (Wildman–Crippen LogP) is 4.45. The van der Waals surface area contributed by atoms with Gasteiger partial charge in [0.1, 0.15) is 23.0 Å². The molecule has 0 aliphatic rings. The van der Waals surface area contributed by atoms with Crippen molar-refractivity contribution in [1.29, 1.82) is 0 Å². The molecule has 2 N–H and O–H groups in total. The first-order chi connectivity index (χ1) is 15.0. The quantitative estimate of drug-likeness (QED) is 0.502.